The molecule has 5 heteroatoms. The van der Waals surface area contributed by atoms with Crippen molar-refractivity contribution in [1.82, 2.24) is 10.2 Å². The van der Waals surface area contributed by atoms with E-state index in [-0.39, 0.29) is 11.3 Å². The lowest BCUT2D eigenvalue weighted by molar-refractivity contribution is -0.123. The molecule has 1 aromatic carbocycles. The van der Waals surface area contributed by atoms with E-state index in [2.05, 4.69) is 22.3 Å². The molecule has 2 fully saturated rings. The Morgan fingerprint density at radius 1 is 1.23 bits per heavy atom. The number of rotatable bonds is 7. The molecule has 0 saturated carbocycles. The van der Waals surface area contributed by atoms with Gasteiger partial charge in [-0.2, -0.15) is 0 Å². The first-order chi connectivity index (χ1) is 12.7. The van der Waals surface area contributed by atoms with Crippen LogP contribution < -0.4 is 5.32 Å². The lowest BCUT2D eigenvalue weighted by Crippen LogP contribution is -2.38. The summed E-state index contributed by atoms with van der Waals surface area (Å²) >= 11 is 0. The number of furan rings is 1. The van der Waals surface area contributed by atoms with Crippen LogP contribution in [0, 0.1) is 11.3 Å². The van der Waals surface area contributed by atoms with Crippen LogP contribution in [0.25, 0.3) is 0 Å². The summed E-state index contributed by atoms with van der Waals surface area (Å²) in [5.41, 5.74) is 2.40. The van der Waals surface area contributed by atoms with Crippen molar-refractivity contribution in [3.05, 3.63) is 60.1 Å². The number of carbonyl (C=O) groups is 1. The zero-order valence-electron chi connectivity index (χ0n) is 15.0. The minimum Gasteiger partial charge on any atom is -0.472 e. The Morgan fingerprint density at radius 3 is 2.92 bits per heavy atom. The summed E-state index contributed by atoms with van der Waals surface area (Å²) in [6.07, 6.45) is 4.93. The van der Waals surface area contributed by atoms with Gasteiger partial charge < -0.3 is 14.5 Å². The van der Waals surface area contributed by atoms with Crippen LogP contribution in [0.2, 0.25) is 0 Å². The summed E-state index contributed by atoms with van der Waals surface area (Å²) in [5.74, 6) is 0.580. The molecule has 2 saturated heterocycles. The lowest BCUT2D eigenvalue weighted by Gasteiger charge is -2.26. The highest BCUT2D eigenvalue weighted by Crippen LogP contribution is 2.44. The van der Waals surface area contributed by atoms with Crippen molar-refractivity contribution in [3.63, 3.8) is 0 Å². The van der Waals surface area contributed by atoms with Crippen molar-refractivity contribution in [3.8, 4) is 0 Å². The fourth-order valence-corrected chi connectivity index (χ4v) is 4.33. The predicted molar refractivity (Wildman–Crippen MR) is 98.5 cm³/mol. The van der Waals surface area contributed by atoms with Crippen LogP contribution in [-0.2, 0) is 22.5 Å². The Morgan fingerprint density at radius 2 is 2.12 bits per heavy atom. The van der Waals surface area contributed by atoms with Gasteiger partial charge in [-0.25, -0.2) is 0 Å². The average Bonchev–Trinajstić information content (AvgIpc) is 3.32. The molecule has 138 valence electrons. The van der Waals surface area contributed by atoms with Crippen LogP contribution in [0.3, 0.4) is 0 Å². The summed E-state index contributed by atoms with van der Waals surface area (Å²) in [5, 5.41) is 3.10. The monoisotopic (exact) mass is 354 g/mol. The standard InChI is InChI=1S/C21H26N2O3/c24-20(22-8-6-17-4-2-1-3-5-17)10-21-15-23(11-18-7-9-25-13-18)12-19(21)14-26-16-21/h1-5,7,9,13,19H,6,8,10-12,14-16H2,(H,22,24)/t19-,21+/m0/s1. The minimum atomic E-state index is -0.0411. The summed E-state index contributed by atoms with van der Waals surface area (Å²) in [6.45, 7) is 4.91. The molecule has 0 radical (unpaired) electrons. The Kier molecular flexibility index (Phi) is 5.09. The minimum absolute atomic E-state index is 0.0411. The van der Waals surface area contributed by atoms with E-state index < -0.39 is 0 Å². The second kappa shape index (κ2) is 7.64. The number of likely N-dealkylation sites (tertiary alicyclic amines) is 1. The first-order valence-corrected chi connectivity index (χ1v) is 9.35. The molecule has 2 aromatic rings. The zero-order valence-corrected chi connectivity index (χ0v) is 15.0. The van der Waals surface area contributed by atoms with Gasteiger partial charge >= 0.3 is 0 Å². The highest BCUT2D eigenvalue weighted by Gasteiger charge is 2.51. The molecule has 0 bridgehead atoms. The molecular weight excluding hydrogens is 328 g/mol. The van der Waals surface area contributed by atoms with Gasteiger partial charge in [-0.05, 0) is 18.1 Å². The molecule has 4 rings (SSSR count). The molecule has 5 nitrogen and oxygen atoms in total. The SMILES string of the molecule is O=C(C[C@@]12COC[C@@H]1CN(Cc1ccoc1)C2)NCCc1ccccc1. The third-order valence-electron chi connectivity index (χ3n) is 5.67. The quantitative estimate of drug-likeness (QED) is 0.830. The third-order valence-corrected chi connectivity index (χ3v) is 5.67. The maximum Gasteiger partial charge on any atom is 0.220 e. The van der Waals surface area contributed by atoms with Crippen molar-refractivity contribution < 1.29 is 13.9 Å². The van der Waals surface area contributed by atoms with E-state index in [4.69, 9.17) is 9.15 Å². The van der Waals surface area contributed by atoms with E-state index >= 15 is 0 Å². The number of ether oxygens (including phenoxy) is 1. The topological polar surface area (TPSA) is 54.7 Å². The normalized spacial score (nSPS) is 25.3. The summed E-state index contributed by atoms with van der Waals surface area (Å²) in [4.78, 5) is 15.0. The fraction of sp³-hybridized carbons (Fsp3) is 0.476. The first kappa shape index (κ1) is 17.3. The van der Waals surface area contributed by atoms with Crippen LogP contribution in [0.5, 0.6) is 0 Å². The van der Waals surface area contributed by atoms with Gasteiger partial charge in [-0.1, -0.05) is 30.3 Å². The summed E-state index contributed by atoms with van der Waals surface area (Å²) in [7, 11) is 0. The van der Waals surface area contributed by atoms with E-state index in [9.17, 15) is 4.79 Å². The van der Waals surface area contributed by atoms with Crippen molar-refractivity contribution in [2.75, 3.05) is 32.8 Å². The molecule has 0 aliphatic carbocycles. The molecule has 1 amide bonds. The summed E-state index contributed by atoms with van der Waals surface area (Å²) < 4.78 is 10.9. The number of nitrogens with one attached hydrogen (secondary N) is 1. The Labute approximate surface area is 154 Å². The second-order valence-corrected chi connectivity index (χ2v) is 7.64. The highest BCUT2D eigenvalue weighted by atomic mass is 16.5. The van der Waals surface area contributed by atoms with Gasteiger partial charge in [0.25, 0.3) is 0 Å². The van der Waals surface area contributed by atoms with E-state index in [1.165, 1.54) is 11.1 Å². The smallest absolute Gasteiger partial charge is 0.220 e. The first-order valence-electron chi connectivity index (χ1n) is 9.35. The predicted octanol–water partition coefficient (Wildman–Crippen LogP) is 2.48. The number of hydrogen-bond donors (Lipinski definition) is 1. The zero-order chi connectivity index (χ0) is 17.8. The molecule has 26 heavy (non-hydrogen) atoms. The summed E-state index contributed by atoms with van der Waals surface area (Å²) in [6, 6.07) is 12.3. The van der Waals surface area contributed by atoms with Crippen LogP contribution in [0.4, 0.5) is 0 Å². The average molecular weight is 354 g/mol. The number of fused-ring (bicyclic) bond motifs is 1. The molecule has 1 aromatic heterocycles. The van der Waals surface area contributed by atoms with Gasteiger partial charge in [-0.15, -0.1) is 0 Å². The second-order valence-electron chi connectivity index (χ2n) is 7.64. The van der Waals surface area contributed by atoms with Crippen LogP contribution in [-0.4, -0.2) is 43.7 Å². The molecular formula is C21H26N2O3. The Bertz CT molecular complexity index is 716. The number of nitrogens with zero attached hydrogens (tertiary/aromatic N) is 1. The maximum atomic E-state index is 12.6. The molecule has 2 aliphatic rings. The molecule has 2 atom stereocenters. The number of amides is 1. The molecule has 0 unspecified atom stereocenters. The van der Waals surface area contributed by atoms with Crippen LogP contribution >= 0.6 is 0 Å². The van der Waals surface area contributed by atoms with Crippen molar-refractivity contribution in [2.45, 2.75) is 19.4 Å². The van der Waals surface area contributed by atoms with Crippen LogP contribution in [0.15, 0.2) is 53.3 Å². The van der Waals surface area contributed by atoms with E-state index in [1.807, 2.05) is 24.3 Å². The maximum absolute atomic E-state index is 12.6. The number of benzene rings is 1. The Hall–Kier alpha value is -2.11. The van der Waals surface area contributed by atoms with Gasteiger partial charge in [0.05, 0.1) is 25.7 Å². The van der Waals surface area contributed by atoms with E-state index in [0.29, 0.717) is 25.5 Å². The van der Waals surface area contributed by atoms with Crippen LogP contribution in [0.1, 0.15) is 17.5 Å². The number of hydrogen-bond acceptors (Lipinski definition) is 4. The van der Waals surface area contributed by atoms with Gasteiger partial charge in [0, 0.05) is 49.5 Å². The van der Waals surface area contributed by atoms with Crippen molar-refractivity contribution in [2.24, 2.45) is 11.3 Å². The van der Waals surface area contributed by atoms with E-state index in [1.54, 1.807) is 12.5 Å². The van der Waals surface area contributed by atoms with Crippen molar-refractivity contribution in [1.29, 1.82) is 0 Å². The van der Waals surface area contributed by atoms with Gasteiger partial charge in [0.1, 0.15) is 0 Å². The van der Waals surface area contributed by atoms with Gasteiger partial charge in [0.15, 0.2) is 0 Å². The Balaban J connectivity index is 1.30. The van der Waals surface area contributed by atoms with Gasteiger partial charge in [-0.3, -0.25) is 9.69 Å². The highest BCUT2D eigenvalue weighted by molar-refractivity contribution is 5.77. The van der Waals surface area contributed by atoms with Crippen molar-refractivity contribution >= 4 is 5.91 Å². The lowest BCUT2D eigenvalue weighted by atomic mass is 9.78. The van der Waals surface area contributed by atoms with E-state index in [0.717, 1.165) is 32.7 Å². The largest absolute Gasteiger partial charge is 0.472 e. The molecule has 1 N–H and O–H groups in total. The molecule has 2 aliphatic heterocycles. The fourth-order valence-electron chi connectivity index (χ4n) is 4.33. The molecule has 0 spiro atoms. The van der Waals surface area contributed by atoms with Gasteiger partial charge in [0.2, 0.25) is 5.91 Å². The third kappa shape index (κ3) is 3.84. The number of carbonyl (C=O) groups excluding carboxylic acids is 1. The molecule has 3 heterocycles.